The van der Waals surface area contributed by atoms with E-state index in [2.05, 4.69) is 12.2 Å². The highest BCUT2D eigenvalue weighted by molar-refractivity contribution is 5.38. The first-order valence-corrected chi connectivity index (χ1v) is 9.49. The molecule has 1 saturated heterocycles. The van der Waals surface area contributed by atoms with Gasteiger partial charge in [0.1, 0.15) is 11.6 Å². The molecule has 3 rings (SSSR count). The average Bonchev–Trinajstić information content (AvgIpc) is 2.68. The van der Waals surface area contributed by atoms with Crippen LogP contribution < -0.4 is 5.32 Å². The molecule has 1 aliphatic heterocycles. The van der Waals surface area contributed by atoms with Gasteiger partial charge in [0, 0.05) is 13.2 Å². The summed E-state index contributed by atoms with van der Waals surface area (Å²) in [5.41, 5.74) is 1.55. The normalized spacial score (nSPS) is 16.0. The van der Waals surface area contributed by atoms with Crippen LogP contribution in [-0.4, -0.2) is 19.8 Å². The van der Waals surface area contributed by atoms with Crippen molar-refractivity contribution in [3.8, 4) is 0 Å². The van der Waals surface area contributed by atoms with Crippen molar-refractivity contribution in [2.24, 2.45) is 5.92 Å². The van der Waals surface area contributed by atoms with Crippen LogP contribution >= 0.6 is 0 Å². The molecule has 2 aromatic carbocycles. The van der Waals surface area contributed by atoms with Crippen molar-refractivity contribution in [3.63, 3.8) is 0 Å². The van der Waals surface area contributed by atoms with E-state index in [4.69, 9.17) is 4.74 Å². The molecule has 26 heavy (non-hydrogen) atoms. The Morgan fingerprint density at radius 1 is 0.923 bits per heavy atom. The van der Waals surface area contributed by atoms with Gasteiger partial charge in [-0.3, -0.25) is 0 Å². The van der Waals surface area contributed by atoms with E-state index in [9.17, 15) is 8.78 Å². The van der Waals surface area contributed by atoms with E-state index in [1.807, 2.05) is 24.3 Å². The van der Waals surface area contributed by atoms with Gasteiger partial charge < -0.3 is 10.1 Å². The van der Waals surface area contributed by atoms with Gasteiger partial charge in [-0.25, -0.2) is 8.78 Å². The maximum Gasteiger partial charge on any atom is 0.123 e. The third-order valence-electron chi connectivity index (χ3n) is 5.52. The Bertz CT molecular complexity index is 633. The zero-order valence-corrected chi connectivity index (χ0v) is 15.3. The van der Waals surface area contributed by atoms with Crippen molar-refractivity contribution in [2.75, 3.05) is 19.8 Å². The first-order valence-electron chi connectivity index (χ1n) is 9.49. The molecule has 1 aliphatic rings. The Labute approximate surface area is 154 Å². The molecule has 140 valence electrons. The molecule has 1 N–H and O–H groups in total. The van der Waals surface area contributed by atoms with E-state index in [0.29, 0.717) is 5.92 Å². The maximum absolute atomic E-state index is 13.4. The van der Waals surface area contributed by atoms with Crippen molar-refractivity contribution < 1.29 is 13.5 Å². The minimum absolute atomic E-state index is 0.250. The Kier molecular flexibility index (Phi) is 6.38. The summed E-state index contributed by atoms with van der Waals surface area (Å²) in [5.74, 6) is 0.173. The Hall–Kier alpha value is -1.78. The van der Waals surface area contributed by atoms with Crippen LogP contribution in [0.3, 0.4) is 0 Å². The van der Waals surface area contributed by atoms with Crippen molar-refractivity contribution in [2.45, 2.75) is 38.1 Å². The number of hydrogen-bond acceptors (Lipinski definition) is 2. The van der Waals surface area contributed by atoms with Gasteiger partial charge in [-0.1, -0.05) is 31.2 Å². The summed E-state index contributed by atoms with van der Waals surface area (Å²) in [7, 11) is 0. The summed E-state index contributed by atoms with van der Waals surface area (Å²) in [4.78, 5) is 0. The van der Waals surface area contributed by atoms with Gasteiger partial charge in [-0.05, 0) is 73.5 Å². The standard InChI is InChI=1S/C22H27F2NO/c1-2-22(18-3-7-20(23)8-4-18,19-5-9-21(24)10-6-19)25-14-11-17-12-15-26-16-13-17/h3-10,17,25H,2,11-16H2,1H3. The summed E-state index contributed by atoms with van der Waals surface area (Å²) in [6, 6.07) is 13.3. The molecule has 2 nitrogen and oxygen atoms in total. The lowest BCUT2D eigenvalue weighted by atomic mass is 9.80. The van der Waals surface area contributed by atoms with Crippen molar-refractivity contribution in [3.05, 3.63) is 71.3 Å². The maximum atomic E-state index is 13.4. The second kappa shape index (κ2) is 8.74. The fourth-order valence-electron chi connectivity index (χ4n) is 3.90. The molecule has 4 heteroatoms. The highest BCUT2D eigenvalue weighted by atomic mass is 19.1. The zero-order chi connectivity index (χ0) is 18.4. The second-order valence-corrected chi connectivity index (χ2v) is 7.04. The van der Waals surface area contributed by atoms with E-state index in [0.717, 1.165) is 56.6 Å². The molecule has 0 aromatic heterocycles. The van der Waals surface area contributed by atoms with Gasteiger partial charge in [0.15, 0.2) is 0 Å². The number of ether oxygens (including phenoxy) is 1. The monoisotopic (exact) mass is 359 g/mol. The summed E-state index contributed by atoms with van der Waals surface area (Å²) < 4.78 is 32.3. The van der Waals surface area contributed by atoms with Crippen LogP contribution in [0.25, 0.3) is 0 Å². The number of hydrogen-bond donors (Lipinski definition) is 1. The molecule has 1 fully saturated rings. The van der Waals surface area contributed by atoms with Crippen LogP contribution in [-0.2, 0) is 10.3 Å². The lowest BCUT2D eigenvalue weighted by Gasteiger charge is -2.36. The molecule has 1 heterocycles. The molecule has 0 unspecified atom stereocenters. The number of halogens is 2. The van der Waals surface area contributed by atoms with Gasteiger partial charge in [0.25, 0.3) is 0 Å². The molecular formula is C22H27F2NO. The first kappa shape index (κ1) is 19.0. The largest absolute Gasteiger partial charge is 0.381 e. The molecule has 0 amide bonds. The highest BCUT2D eigenvalue weighted by Gasteiger charge is 2.32. The lowest BCUT2D eigenvalue weighted by molar-refractivity contribution is 0.0633. The third-order valence-corrected chi connectivity index (χ3v) is 5.52. The lowest BCUT2D eigenvalue weighted by Crippen LogP contribution is -2.44. The van der Waals surface area contributed by atoms with E-state index < -0.39 is 5.54 Å². The van der Waals surface area contributed by atoms with Crippen LogP contribution in [0.15, 0.2) is 48.5 Å². The minimum atomic E-state index is -0.452. The average molecular weight is 359 g/mol. The van der Waals surface area contributed by atoms with Crippen LogP contribution in [0.4, 0.5) is 8.78 Å². The van der Waals surface area contributed by atoms with Crippen molar-refractivity contribution in [1.82, 2.24) is 5.32 Å². The predicted molar refractivity (Wildman–Crippen MR) is 100 cm³/mol. The summed E-state index contributed by atoms with van der Waals surface area (Å²) in [6.45, 7) is 4.65. The van der Waals surface area contributed by atoms with Crippen LogP contribution in [0, 0.1) is 17.6 Å². The Morgan fingerprint density at radius 2 is 1.42 bits per heavy atom. The summed E-state index contributed by atoms with van der Waals surface area (Å²) in [5, 5.41) is 3.72. The Balaban J connectivity index is 1.84. The molecule has 0 atom stereocenters. The SMILES string of the molecule is CCC(NCCC1CCOCC1)(c1ccc(F)cc1)c1ccc(F)cc1. The molecule has 0 spiro atoms. The van der Waals surface area contributed by atoms with E-state index >= 15 is 0 Å². The van der Waals surface area contributed by atoms with Gasteiger partial charge in [0.05, 0.1) is 5.54 Å². The summed E-state index contributed by atoms with van der Waals surface area (Å²) >= 11 is 0. The molecule has 0 saturated carbocycles. The van der Waals surface area contributed by atoms with E-state index in [1.165, 1.54) is 24.3 Å². The van der Waals surface area contributed by atoms with Gasteiger partial charge in [-0.15, -0.1) is 0 Å². The van der Waals surface area contributed by atoms with E-state index in [1.54, 1.807) is 0 Å². The fraction of sp³-hybridized carbons (Fsp3) is 0.455. The first-order chi connectivity index (χ1) is 12.6. The predicted octanol–water partition coefficient (Wildman–Crippen LogP) is 5.02. The molecular weight excluding hydrogens is 332 g/mol. The number of nitrogens with one attached hydrogen (secondary N) is 1. The topological polar surface area (TPSA) is 21.3 Å². The molecule has 0 bridgehead atoms. The van der Waals surface area contributed by atoms with Crippen molar-refractivity contribution in [1.29, 1.82) is 0 Å². The summed E-state index contributed by atoms with van der Waals surface area (Å²) in [6.07, 6.45) is 4.08. The van der Waals surface area contributed by atoms with Gasteiger partial charge in [0.2, 0.25) is 0 Å². The number of benzene rings is 2. The van der Waals surface area contributed by atoms with Gasteiger partial charge >= 0.3 is 0 Å². The second-order valence-electron chi connectivity index (χ2n) is 7.04. The fourth-order valence-corrected chi connectivity index (χ4v) is 3.90. The minimum Gasteiger partial charge on any atom is -0.381 e. The molecule has 0 aliphatic carbocycles. The number of rotatable bonds is 7. The third kappa shape index (κ3) is 4.30. The Morgan fingerprint density at radius 3 is 1.88 bits per heavy atom. The highest BCUT2D eigenvalue weighted by Crippen LogP contribution is 2.34. The van der Waals surface area contributed by atoms with E-state index in [-0.39, 0.29) is 11.6 Å². The quantitative estimate of drug-likeness (QED) is 0.749. The zero-order valence-electron chi connectivity index (χ0n) is 15.3. The van der Waals surface area contributed by atoms with Crippen molar-refractivity contribution >= 4 is 0 Å². The molecule has 2 aromatic rings. The molecule has 0 radical (unpaired) electrons. The van der Waals surface area contributed by atoms with Crippen LogP contribution in [0.2, 0.25) is 0 Å². The van der Waals surface area contributed by atoms with Crippen LogP contribution in [0.5, 0.6) is 0 Å². The van der Waals surface area contributed by atoms with Crippen LogP contribution in [0.1, 0.15) is 43.7 Å². The smallest absolute Gasteiger partial charge is 0.123 e. The van der Waals surface area contributed by atoms with Gasteiger partial charge in [-0.2, -0.15) is 0 Å².